The Morgan fingerprint density at radius 2 is 1.75 bits per heavy atom. The molecule has 0 atom stereocenters. The molecule has 0 fully saturated rings. The fourth-order valence-electron chi connectivity index (χ4n) is 2.48. The van der Waals surface area contributed by atoms with Gasteiger partial charge < -0.3 is 0 Å². The van der Waals surface area contributed by atoms with Crippen molar-refractivity contribution in [2.45, 2.75) is 6.92 Å². The van der Waals surface area contributed by atoms with Crippen LogP contribution in [-0.2, 0) is 0 Å². The predicted octanol–water partition coefficient (Wildman–Crippen LogP) is 4.83. The number of halogens is 1. The summed E-state index contributed by atoms with van der Waals surface area (Å²) < 4.78 is 13.8. The van der Waals surface area contributed by atoms with E-state index in [1.807, 2.05) is 48.5 Å². The molecule has 0 bridgehead atoms. The molecule has 2 heteroatoms. The second-order valence-electron chi connectivity index (χ2n) is 4.79. The zero-order valence-corrected chi connectivity index (χ0v) is 11.0. The lowest BCUT2D eigenvalue weighted by molar-refractivity contribution is 0.615. The van der Waals surface area contributed by atoms with Crippen LogP contribution in [0.1, 0.15) is 11.1 Å². The van der Waals surface area contributed by atoms with Gasteiger partial charge in [-0.25, -0.2) is 4.39 Å². The first kappa shape index (κ1) is 12.4. The van der Waals surface area contributed by atoms with Crippen LogP contribution in [0.3, 0.4) is 0 Å². The molecule has 0 saturated carbocycles. The second kappa shape index (κ2) is 4.79. The minimum atomic E-state index is -0.434. The lowest BCUT2D eigenvalue weighted by atomic mass is 9.95. The molecular weight excluding hydrogens is 249 g/mol. The summed E-state index contributed by atoms with van der Waals surface area (Å²) in [6.45, 7) is 1.69. The van der Waals surface area contributed by atoms with Crippen LogP contribution in [0.2, 0.25) is 0 Å². The van der Waals surface area contributed by atoms with Gasteiger partial charge in [0, 0.05) is 0 Å². The maximum absolute atomic E-state index is 13.8. The topological polar surface area (TPSA) is 23.8 Å². The van der Waals surface area contributed by atoms with Gasteiger partial charge in [-0.15, -0.1) is 0 Å². The first-order valence-electron chi connectivity index (χ1n) is 6.39. The average molecular weight is 261 g/mol. The molecule has 20 heavy (non-hydrogen) atoms. The molecule has 0 aromatic heterocycles. The molecule has 3 rings (SSSR count). The number of rotatable bonds is 1. The molecule has 0 unspecified atom stereocenters. The highest BCUT2D eigenvalue weighted by molar-refractivity contribution is 5.96. The van der Waals surface area contributed by atoms with Gasteiger partial charge in [0.25, 0.3) is 0 Å². The fourth-order valence-corrected chi connectivity index (χ4v) is 2.48. The van der Waals surface area contributed by atoms with E-state index in [0.717, 1.165) is 21.9 Å². The highest BCUT2D eigenvalue weighted by Gasteiger charge is 2.10. The summed E-state index contributed by atoms with van der Waals surface area (Å²) in [5.74, 6) is -0.434. The summed E-state index contributed by atoms with van der Waals surface area (Å²) in [7, 11) is 0. The van der Waals surface area contributed by atoms with Gasteiger partial charge in [-0.3, -0.25) is 0 Å². The smallest absolute Gasteiger partial charge is 0.143 e. The number of fused-ring (bicyclic) bond motifs is 1. The van der Waals surface area contributed by atoms with Crippen LogP contribution in [0.15, 0.2) is 54.6 Å². The largest absolute Gasteiger partial charge is 0.205 e. The van der Waals surface area contributed by atoms with Gasteiger partial charge in [0.05, 0.1) is 5.56 Å². The van der Waals surface area contributed by atoms with Crippen LogP contribution >= 0.6 is 0 Å². The van der Waals surface area contributed by atoms with E-state index in [9.17, 15) is 4.39 Å². The van der Waals surface area contributed by atoms with Crippen molar-refractivity contribution in [2.24, 2.45) is 0 Å². The summed E-state index contributed by atoms with van der Waals surface area (Å²) >= 11 is 0. The minimum Gasteiger partial charge on any atom is -0.205 e. The van der Waals surface area contributed by atoms with Crippen molar-refractivity contribution in [1.82, 2.24) is 0 Å². The summed E-state index contributed by atoms with van der Waals surface area (Å²) in [6, 6.07) is 19.4. The summed E-state index contributed by atoms with van der Waals surface area (Å²) in [4.78, 5) is 0. The first-order chi connectivity index (χ1) is 9.70. The Balaban J connectivity index is 2.32. The molecule has 0 N–H and O–H groups in total. The second-order valence-corrected chi connectivity index (χ2v) is 4.79. The van der Waals surface area contributed by atoms with Crippen LogP contribution in [0.5, 0.6) is 0 Å². The number of aryl methyl sites for hydroxylation is 1. The van der Waals surface area contributed by atoms with Gasteiger partial charge in [-0.1, -0.05) is 42.5 Å². The molecule has 0 amide bonds. The standard InChI is InChI=1S/C18H12FN/c1-12-9-14(10-15(11-20)18(12)19)17-8-4-6-13-5-2-3-7-16(13)17/h2-10H,1H3. The van der Waals surface area contributed by atoms with E-state index in [0.29, 0.717) is 5.56 Å². The number of nitrogens with zero attached hydrogens (tertiary/aromatic N) is 1. The lowest BCUT2D eigenvalue weighted by Crippen LogP contribution is -1.91. The van der Waals surface area contributed by atoms with Crippen molar-refractivity contribution in [1.29, 1.82) is 5.26 Å². The van der Waals surface area contributed by atoms with Crippen LogP contribution < -0.4 is 0 Å². The van der Waals surface area contributed by atoms with Gasteiger partial charge in [0.15, 0.2) is 0 Å². The molecule has 0 radical (unpaired) electrons. The molecule has 3 aromatic carbocycles. The Morgan fingerprint density at radius 3 is 2.55 bits per heavy atom. The highest BCUT2D eigenvalue weighted by Crippen LogP contribution is 2.30. The highest BCUT2D eigenvalue weighted by atomic mass is 19.1. The fraction of sp³-hybridized carbons (Fsp3) is 0.0556. The molecule has 96 valence electrons. The first-order valence-corrected chi connectivity index (χ1v) is 6.39. The van der Waals surface area contributed by atoms with E-state index in [2.05, 4.69) is 0 Å². The third kappa shape index (κ3) is 1.94. The molecule has 0 saturated heterocycles. The minimum absolute atomic E-state index is 0.0907. The number of nitriles is 1. The van der Waals surface area contributed by atoms with Gasteiger partial charge >= 0.3 is 0 Å². The van der Waals surface area contributed by atoms with E-state index in [-0.39, 0.29) is 5.56 Å². The number of hydrogen-bond donors (Lipinski definition) is 0. The van der Waals surface area contributed by atoms with Gasteiger partial charge in [0.2, 0.25) is 0 Å². The number of benzene rings is 3. The van der Waals surface area contributed by atoms with E-state index in [1.165, 1.54) is 0 Å². The van der Waals surface area contributed by atoms with E-state index in [4.69, 9.17) is 5.26 Å². The lowest BCUT2D eigenvalue weighted by Gasteiger charge is -2.09. The normalized spacial score (nSPS) is 10.4. The zero-order chi connectivity index (χ0) is 14.1. The van der Waals surface area contributed by atoms with Crippen molar-refractivity contribution >= 4 is 10.8 Å². The maximum atomic E-state index is 13.8. The Hall–Kier alpha value is -2.66. The Labute approximate surface area is 116 Å². The summed E-state index contributed by atoms with van der Waals surface area (Å²) in [5.41, 5.74) is 2.47. The predicted molar refractivity (Wildman–Crippen MR) is 78.8 cm³/mol. The quantitative estimate of drug-likeness (QED) is 0.615. The summed E-state index contributed by atoms with van der Waals surface area (Å²) in [5, 5.41) is 11.3. The van der Waals surface area contributed by atoms with Crippen molar-refractivity contribution in [3.8, 4) is 17.2 Å². The van der Waals surface area contributed by atoms with E-state index in [1.54, 1.807) is 19.1 Å². The van der Waals surface area contributed by atoms with Crippen LogP contribution in [0, 0.1) is 24.1 Å². The van der Waals surface area contributed by atoms with Crippen LogP contribution in [-0.4, -0.2) is 0 Å². The Morgan fingerprint density at radius 1 is 1.00 bits per heavy atom. The molecule has 0 aliphatic rings. The maximum Gasteiger partial charge on any atom is 0.143 e. The average Bonchev–Trinajstić information content (AvgIpc) is 2.49. The zero-order valence-electron chi connectivity index (χ0n) is 11.0. The third-order valence-electron chi connectivity index (χ3n) is 3.48. The Kier molecular flexibility index (Phi) is 2.96. The van der Waals surface area contributed by atoms with Crippen molar-refractivity contribution in [3.05, 3.63) is 71.5 Å². The van der Waals surface area contributed by atoms with Gasteiger partial charge in [0.1, 0.15) is 11.9 Å². The third-order valence-corrected chi connectivity index (χ3v) is 3.48. The van der Waals surface area contributed by atoms with Crippen molar-refractivity contribution < 1.29 is 4.39 Å². The molecule has 0 aliphatic heterocycles. The van der Waals surface area contributed by atoms with Crippen LogP contribution in [0.25, 0.3) is 21.9 Å². The Bertz CT molecular complexity index is 838. The molecule has 3 aromatic rings. The molecule has 0 aliphatic carbocycles. The van der Waals surface area contributed by atoms with Crippen molar-refractivity contribution in [3.63, 3.8) is 0 Å². The van der Waals surface area contributed by atoms with Gasteiger partial charge in [-0.2, -0.15) is 5.26 Å². The van der Waals surface area contributed by atoms with Gasteiger partial charge in [-0.05, 0) is 46.5 Å². The molecule has 1 nitrogen and oxygen atoms in total. The monoisotopic (exact) mass is 261 g/mol. The molecule has 0 spiro atoms. The molecule has 0 heterocycles. The molecular formula is C18H12FN. The van der Waals surface area contributed by atoms with Crippen LogP contribution in [0.4, 0.5) is 4.39 Å². The summed E-state index contributed by atoms with van der Waals surface area (Å²) in [6.07, 6.45) is 0. The van der Waals surface area contributed by atoms with Crippen molar-refractivity contribution in [2.75, 3.05) is 0 Å². The number of hydrogen-bond acceptors (Lipinski definition) is 1. The van der Waals surface area contributed by atoms with E-state index < -0.39 is 5.82 Å². The van der Waals surface area contributed by atoms with E-state index >= 15 is 0 Å². The SMILES string of the molecule is Cc1cc(-c2cccc3ccccc23)cc(C#N)c1F.